The minimum absolute atomic E-state index is 0.681. The standard InChI is InChI=1S/C17H25NS/c1-3-6-16(18-12-4-2)10-9-14-7-5-8-15-11-13-19-17(14)15/h5,7-8,11,13,16,18H,3-4,6,9-10,12H2,1-2H3. The summed E-state index contributed by atoms with van der Waals surface area (Å²) in [6.45, 7) is 5.66. The number of thiophene rings is 1. The Labute approximate surface area is 121 Å². The number of rotatable bonds is 8. The predicted molar refractivity (Wildman–Crippen MR) is 87.1 cm³/mol. The zero-order valence-electron chi connectivity index (χ0n) is 12.1. The minimum Gasteiger partial charge on any atom is -0.314 e. The summed E-state index contributed by atoms with van der Waals surface area (Å²) < 4.78 is 1.48. The van der Waals surface area contributed by atoms with Crippen molar-refractivity contribution < 1.29 is 0 Å². The first-order valence-electron chi connectivity index (χ1n) is 7.53. The molecule has 0 saturated carbocycles. The Hall–Kier alpha value is -0.860. The van der Waals surface area contributed by atoms with Gasteiger partial charge in [0.05, 0.1) is 0 Å². The predicted octanol–water partition coefficient (Wildman–Crippen LogP) is 5.00. The topological polar surface area (TPSA) is 12.0 Å². The molecule has 1 aromatic carbocycles. The Kier molecular flexibility index (Phi) is 5.87. The van der Waals surface area contributed by atoms with Gasteiger partial charge in [-0.2, -0.15) is 0 Å². The van der Waals surface area contributed by atoms with E-state index in [1.165, 1.54) is 47.8 Å². The van der Waals surface area contributed by atoms with Gasteiger partial charge < -0.3 is 5.32 Å². The number of aryl methyl sites for hydroxylation is 1. The molecule has 0 spiro atoms. The van der Waals surface area contributed by atoms with Crippen LogP contribution in [0.15, 0.2) is 29.6 Å². The quantitative estimate of drug-likeness (QED) is 0.714. The van der Waals surface area contributed by atoms with Gasteiger partial charge in [-0.3, -0.25) is 0 Å². The number of hydrogen-bond donors (Lipinski definition) is 1. The van der Waals surface area contributed by atoms with Crippen molar-refractivity contribution in [1.29, 1.82) is 0 Å². The SMILES string of the molecule is CCCNC(CCC)CCc1cccc2ccsc12. The average molecular weight is 275 g/mol. The van der Waals surface area contributed by atoms with Gasteiger partial charge in [0.15, 0.2) is 0 Å². The zero-order valence-corrected chi connectivity index (χ0v) is 12.9. The lowest BCUT2D eigenvalue weighted by Gasteiger charge is -2.17. The van der Waals surface area contributed by atoms with Gasteiger partial charge in [0.1, 0.15) is 0 Å². The van der Waals surface area contributed by atoms with Crippen molar-refractivity contribution in [2.75, 3.05) is 6.54 Å². The number of hydrogen-bond acceptors (Lipinski definition) is 2. The summed E-state index contributed by atoms with van der Waals surface area (Å²) in [5.41, 5.74) is 1.52. The number of benzene rings is 1. The van der Waals surface area contributed by atoms with Crippen LogP contribution in [0.3, 0.4) is 0 Å². The molecule has 1 nitrogen and oxygen atoms in total. The molecule has 1 aromatic heterocycles. The molecule has 2 heteroatoms. The van der Waals surface area contributed by atoms with Gasteiger partial charge in [0, 0.05) is 10.7 Å². The highest BCUT2D eigenvalue weighted by Gasteiger charge is 2.08. The second kappa shape index (κ2) is 7.66. The average Bonchev–Trinajstić information content (AvgIpc) is 2.90. The highest BCUT2D eigenvalue weighted by Crippen LogP contribution is 2.26. The first-order valence-corrected chi connectivity index (χ1v) is 8.41. The highest BCUT2D eigenvalue weighted by molar-refractivity contribution is 7.17. The molecule has 1 unspecified atom stereocenters. The summed E-state index contributed by atoms with van der Waals surface area (Å²) >= 11 is 1.88. The third kappa shape index (κ3) is 4.05. The van der Waals surface area contributed by atoms with Crippen LogP contribution in [0, 0.1) is 0 Å². The fraction of sp³-hybridized carbons (Fsp3) is 0.529. The van der Waals surface area contributed by atoms with E-state index in [2.05, 4.69) is 48.8 Å². The second-order valence-corrected chi connectivity index (χ2v) is 6.15. The van der Waals surface area contributed by atoms with Gasteiger partial charge in [-0.1, -0.05) is 38.5 Å². The summed E-state index contributed by atoms with van der Waals surface area (Å²) in [5.74, 6) is 0. The van der Waals surface area contributed by atoms with Crippen LogP contribution in [-0.4, -0.2) is 12.6 Å². The first kappa shape index (κ1) is 14.5. The number of nitrogens with one attached hydrogen (secondary N) is 1. The molecule has 0 aliphatic carbocycles. The van der Waals surface area contributed by atoms with E-state index in [4.69, 9.17) is 0 Å². The van der Waals surface area contributed by atoms with E-state index < -0.39 is 0 Å². The van der Waals surface area contributed by atoms with Crippen molar-refractivity contribution in [3.63, 3.8) is 0 Å². The molecule has 1 N–H and O–H groups in total. The lowest BCUT2D eigenvalue weighted by Crippen LogP contribution is -2.30. The van der Waals surface area contributed by atoms with Gasteiger partial charge in [0.25, 0.3) is 0 Å². The fourth-order valence-electron chi connectivity index (χ4n) is 2.63. The molecule has 0 aliphatic rings. The van der Waals surface area contributed by atoms with Crippen molar-refractivity contribution in [3.8, 4) is 0 Å². The lowest BCUT2D eigenvalue weighted by atomic mass is 10.0. The van der Waals surface area contributed by atoms with Gasteiger partial charge in [-0.15, -0.1) is 11.3 Å². The van der Waals surface area contributed by atoms with Crippen LogP contribution in [0.4, 0.5) is 0 Å². The Morgan fingerprint density at radius 1 is 1.11 bits per heavy atom. The van der Waals surface area contributed by atoms with Crippen LogP contribution in [0.2, 0.25) is 0 Å². The second-order valence-electron chi connectivity index (χ2n) is 5.23. The highest BCUT2D eigenvalue weighted by atomic mass is 32.1. The van der Waals surface area contributed by atoms with E-state index in [9.17, 15) is 0 Å². The van der Waals surface area contributed by atoms with E-state index in [1.807, 2.05) is 11.3 Å². The third-order valence-electron chi connectivity index (χ3n) is 3.64. The largest absolute Gasteiger partial charge is 0.314 e. The molecule has 0 aliphatic heterocycles. The van der Waals surface area contributed by atoms with E-state index in [0.29, 0.717) is 6.04 Å². The fourth-order valence-corrected chi connectivity index (χ4v) is 3.57. The molecule has 2 rings (SSSR count). The zero-order chi connectivity index (χ0) is 13.5. The van der Waals surface area contributed by atoms with Crippen molar-refractivity contribution in [3.05, 3.63) is 35.2 Å². The molecule has 0 amide bonds. The first-order chi connectivity index (χ1) is 9.35. The molecular formula is C17H25NS. The Bertz CT molecular complexity index is 489. The van der Waals surface area contributed by atoms with E-state index >= 15 is 0 Å². The summed E-state index contributed by atoms with van der Waals surface area (Å²) in [6.07, 6.45) is 6.23. The van der Waals surface area contributed by atoms with Crippen LogP contribution in [0.1, 0.15) is 45.1 Å². The Morgan fingerprint density at radius 3 is 2.79 bits per heavy atom. The summed E-state index contributed by atoms with van der Waals surface area (Å²) in [5, 5.41) is 7.29. The van der Waals surface area contributed by atoms with E-state index in [1.54, 1.807) is 0 Å². The summed E-state index contributed by atoms with van der Waals surface area (Å²) in [6, 6.07) is 9.61. The molecule has 0 radical (unpaired) electrons. The van der Waals surface area contributed by atoms with Gasteiger partial charge >= 0.3 is 0 Å². The molecule has 0 saturated heterocycles. The normalized spacial score (nSPS) is 12.9. The van der Waals surface area contributed by atoms with Crippen LogP contribution in [0.5, 0.6) is 0 Å². The molecule has 2 aromatic rings. The van der Waals surface area contributed by atoms with Crippen molar-refractivity contribution in [2.45, 2.75) is 52.0 Å². The van der Waals surface area contributed by atoms with Crippen molar-refractivity contribution in [2.24, 2.45) is 0 Å². The van der Waals surface area contributed by atoms with Crippen molar-refractivity contribution >= 4 is 21.4 Å². The van der Waals surface area contributed by atoms with Gasteiger partial charge in [-0.25, -0.2) is 0 Å². The monoisotopic (exact) mass is 275 g/mol. The smallest absolute Gasteiger partial charge is 0.0374 e. The molecule has 0 fully saturated rings. The molecule has 19 heavy (non-hydrogen) atoms. The van der Waals surface area contributed by atoms with Crippen LogP contribution in [0.25, 0.3) is 10.1 Å². The maximum Gasteiger partial charge on any atom is 0.0374 e. The molecule has 1 heterocycles. The number of fused-ring (bicyclic) bond motifs is 1. The van der Waals surface area contributed by atoms with Gasteiger partial charge in [0.2, 0.25) is 0 Å². The minimum atomic E-state index is 0.681. The van der Waals surface area contributed by atoms with E-state index in [0.717, 1.165) is 6.54 Å². The molecule has 1 atom stereocenters. The third-order valence-corrected chi connectivity index (χ3v) is 4.65. The van der Waals surface area contributed by atoms with Crippen LogP contribution < -0.4 is 5.32 Å². The molecule has 104 valence electrons. The Balaban J connectivity index is 1.97. The maximum atomic E-state index is 3.69. The maximum absolute atomic E-state index is 3.69. The lowest BCUT2D eigenvalue weighted by molar-refractivity contribution is 0.449. The molecule has 0 bridgehead atoms. The Morgan fingerprint density at radius 2 is 2.00 bits per heavy atom. The van der Waals surface area contributed by atoms with Crippen LogP contribution >= 0.6 is 11.3 Å². The summed E-state index contributed by atoms with van der Waals surface area (Å²) in [7, 11) is 0. The van der Waals surface area contributed by atoms with E-state index in [-0.39, 0.29) is 0 Å². The molecular weight excluding hydrogens is 250 g/mol. The van der Waals surface area contributed by atoms with Gasteiger partial charge in [-0.05, 0) is 54.6 Å². The summed E-state index contributed by atoms with van der Waals surface area (Å²) in [4.78, 5) is 0. The van der Waals surface area contributed by atoms with Crippen LogP contribution in [-0.2, 0) is 6.42 Å². The van der Waals surface area contributed by atoms with Crippen molar-refractivity contribution in [1.82, 2.24) is 5.32 Å².